The molecule has 10 rings (SSSR count). The van der Waals surface area contributed by atoms with Crippen molar-refractivity contribution >= 4 is 50.0 Å². The van der Waals surface area contributed by atoms with Crippen LogP contribution in [0.15, 0.2) is 144 Å². The molecule has 6 aromatic rings. The lowest BCUT2D eigenvalue weighted by atomic mass is 9.79. The van der Waals surface area contributed by atoms with Crippen molar-refractivity contribution < 1.29 is 0 Å². The molecule has 50 heavy (non-hydrogen) atoms. The van der Waals surface area contributed by atoms with Crippen LogP contribution in [-0.2, 0) is 10.8 Å². The van der Waals surface area contributed by atoms with Crippen LogP contribution in [0.2, 0.25) is 0 Å². The highest BCUT2D eigenvalue weighted by molar-refractivity contribution is 7.20. The molecule has 0 saturated heterocycles. The number of rotatable bonds is 4. The minimum Gasteiger partial charge on any atom is -0.312 e. The van der Waals surface area contributed by atoms with Gasteiger partial charge in [-0.1, -0.05) is 142 Å². The second kappa shape index (κ2) is 10.6. The highest BCUT2D eigenvalue weighted by atomic mass is 32.1. The molecule has 0 saturated carbocycles. The first-order chi connectivity index (χ1) is 24.4. The maximum atomic E-state index is 3.63. The number of para-hydroxylation sites is 1. The Morgan fingerprint density at radius 1 is 0.640 bits per heavy atom. The molecule has 1 nitrogen and oxygen atoms in total. The molecular weight excluding hydrogens is 623 g/mol. The van der Waals surface area contributed by atoms with Crippen molar-refractivity contribution in [1.29, 1.82) is 0 Å². The van der Waals surface area contributed by atoms with E-state index in [1.54, 1.807) is 0 Å². The van der Waals surface area contributed by atoms with Gasteiger partial charge < -0.3 is 4.90 Å². The van der Waals surface area contributed by atoms with Crippen LogP contribution >= 0.6 is 11.3 Å². The minimum absolute atomic E-state index is 0.0680. The van der Waals surface area contributed by atoms with Gasteiger partial charge in [-0.3, -0.25) is 0 Å². The number of fused-ring (bicyclic) bond motifs is 9. The van der Waals surface area contributed by atoms with Crippen LogP contribution < -0.4 is 4.90 Å². The van der Waals surface area contributed by atoms with Gasteiger partial charge in [0.25, 0.3) is 0 Å². The fourth-order valence-electron chi connectivity index (χ4n) is 9.26. The van der Waals surface area contributed by atoms with E-state index in [1.807, 2.05) is 11.3 Å². The van der Waals surface area contributed by atoms with E-state index in [1.165, 1.54) is 87.7 Å². The van der Waals surface area contributed by atoms with Crippen LogP contribution in [0.3, 0.4) is 0 Å². The molecule has 0 unspecified atom stereocenters. The van der Waals surface area contributed by atoms with Crippen LogP contribution in [0.25, 0.3) is 38.4 Å². The van der Waals surface area contributed by atoms with Gasteiger partial charge in [-0.15, -0.1) is 11.3 Å². The zero-order chi connectivity index (χ0) is 33.8. The first kappa shape index (κ1) is 29.5. The summed E-state index contributed by atoms with van der Waals surface area (Å²) in [6.07, 6.45) is 6.58. The van der Waals surface area contributed by atoms with Gasteiger partial charge >= 0.3 is 0 Å². The van der Waals surface area contributed by atoms with Gasteiger partial charge in [0.05, 0.1) is 21.8 Å². The van der Waals surface area contributed by atoms with Crippen LogP contribution in [0.5, 0.6) is 0 Å². The molecule has 4 aliphatic carbocycles. The molecule has 0 bridgehead atoms. The minimum atomic E-state index is -0.101. The summed E-state index contributed by atoms with van der Waals surface area (Å²) in [6, 6.07) is 42.9. The summed E-state index contributed by atoms with van der Waals surface area (Å²) in [5.41, 5.74) is 25.3. The Bertz CT molecular complexity index is 2620. The standard InChI is InChI=1S/C48H37NS/c1-47(2)36-22-9-5-18-34(36)44-38(47)24-14-27-41(44)49(42-28-15-25-39-45(42)35-19-6-10-23-37(35)48(39,3)4)40-26-11-7-16-30(40)32-20-13-21-33-31-17-8-12-29-43(31)50-46(32)33/h5-12,14,16-19,21-27,29H,15,28H2,1-4H3. The summed E-state index contributed by atoms with van der Waals surface area (Å²) in [5.74, 6) is 0. The summed E-state index contributed by atoms with van der Waals surface area (Å²) in [4.78, 5) is 3.91. The van der Waals surface area contributed by atoms with Crippen LogP contribution in [0.1, 0.15) is 78.8 Å². The number of allylic oxidation sites excluding steroid dienone is 4. The Hall–Kier alpha value is -5.36. The Balaban J connectivity index is 1.30. The lowest BCUT2D eigenvalue weighted by Gasteiger charge is -2.36. The molecule has 2 heteroatoms. The van der Waals surface area contributed by atoms with Crippen LogP contribution in [0, 0.1) is 0 Å². The molecule has 0 N–H and O–H groups in total. The number of thiophene rings is 1. The summed E-state index contributed by atoms with van der Waals surface area (Å²) >= 11 is 1.86. The number of hydrogen-bond acceptors (Lipinski definition) is 2. The molecule has 0 amide bonds. The molecule has 0 atom stereocenters. The average molecular weight is 660 g/mol. The molecule has 0 fully saturated rings. The van der Waals surface area contributed by atoms with Crippen molar-refractivity contribution in [2.75, 3.05) is 4.90 Å². The summed E-state index contributed by atoms with van der Waals surface area (Å²) in [5, 5.41) is 1.28. The number of anilines is 2. The normalized spacial score (nSPS) is 17.1. The largest absolute Gasteiger partial charge is 0.312 e. The Morgan fingerprint density at radius 3 is 2.14 bits per heavy atom. The second-order valence-electron chi connectivity index (χ2n) is 15.0. The highest BCUT2D eigenvalue weighted by Gasteiger charge is 2.43. The van der Waals surface area contributed by atoms with E-state index in [-0.39, 0.29) is 10.8 Å². The third kappa shape index (κ3) is 3.96. The van der Waals surface area contributed by atoms with Crippen molar-refractivity contribution in [2.45, 2.75) is 51.4 Å². The fraction of sp³-hybridized carbons (Fsp3) is 0.167. The highest BCUT2D eigenvalue weighted by Crippen LogP contribution is 2.58. The molecule has 1 heterocycles. The Morgan fingerprint density at radius 2 is 1.30 bits per heavy atom. The zero-order valence-corrected chi connectivity index (χ0v) is 29.7. The van der Waals surface area contributed by atoms with E-state index in [0.29, 0.717) is 0 Å². The molecule has 4 aliphatic rings. The monoisotopic (exact) mass is 659 g/mol. The molecule has 0 radical (unpaired) electrons. The first-order valence-corrected chi connectivity index (χ1v) is 18.6. The number of hydrogen-bond donors (Lipinski definition) is 0. The topological polar surface area (TPSA) is 3.24 Å². The summed E-state index contributed by atoms with van der Waals surface area (Å²) in [7, 11) is 0. The number of nitrogens with zero attached hydrogens (tertiary/aromatic N) is 1. The quantitative estimate of drug-likeness (QED) is 0.170. The number of benzene rings is 5. The van der Waals surface area contributed by atoms with Gasteiger partial charge in [0.2, 0.25) is 0 Å². The fourth-order valence-corrected chi connectivity index (χ4v) is 10.5. The average Bonchev–Trinajstić information content (AvgIpc) is 3.73. The molecule has 240 valence electrons. The third-order valence-electron chi connectivity index (χ3n) is 11.6. The van der Waals surface area contributed by atoms with Gasteiger partial charge in [0, 0.05) is 48.9 Å². The SMILES string of the molecule is CC1(C)C2=CCCC(N(c3ccccc3C3=C=C=Cc4c3sc3ccccc43)c3cccc4c3-c3ccccc3C4(C)C)=C2c2ccccc21. The lowest BCUT2D eigenvalue weighted by molar-refractivity contribution is 0.652. The van der Waals surface area contributed by atoms with Crippen LogP contribution in [-0.4, -0.2) is 0 Å². The van der Waals surface area contributed by atoms with Gasteiger partial charge in [-0.25, -0.2) is 0 Å². The molecule has 0 aliphatic heterocycles. The van der Waals surface area contributed by atoms with E-state index in [2.05, 4.69) is 171 Å². The van der Waals surface area contributed by atoms with E-state index >= 15 is 0 Å². The molecule has 1 aromatic heterocycles. The van der Waals surface area contributed by atoms with Gasteiger partial charge in [-0.05, 0) is 70.5 Å². The maximum Gasteiger partial charge on any atom is 0.0544 e. The smallest absolute Gasteiger partial charge is 0.0544 e. The molecule has 0 spiro atoms. The molecule has 5 aromatic carbocycles. The second-order valence-corrected chi connectivity index (χ2v) is 16.1. The van der Waals surface area contributed by atoms with Crippen molar-refractivity contribution in [3.05, 3.63) is 182 Å². The third-order valence-corrected chi connectivity index (χ3v) is 12.8. The maximum absolute atomic E-state index is 3.63. The van der Waals surface area contributed by atoms with Gasteiger partial charge in [0.15, 0.2) is 0 Å². The predicted octanol–water partition coefficient (Wildman–Crippen LogP) is 13.0. The Kier molecular flexibility index (Phi) is 6.25. The van der Waals surface area contributed by atoms with E-state index in [4.69, 9.17) is 0 Å². The van der Waals surface area contributed by atoms with E-state index in [9.17, 15) is 0 Å². The lowest BCUT2D eigenvalue weighted by Crippen LogP contribution is -2.24. The molecular formula is C48H37NS. The predicted molar refractivity (Wildman–Crippen MR) is 212 cm³/mol. The van der Waals surface area contributed by atoms with Crippen molar-refractivity contribution in [3.8, 4) is 11.1 Å². The van der Waals surface area contributed by atoms with Crippen molar-refractivity contribution in [1.82, 2.24) is 0 Å². The Labute approximate surface area is 298 Å². The van der Waals surface area contributed by atoms with Crippen molar-refractivity contribution in [2.24, 2.45) is 0 Å². The van der Waals surface area contributed by atoms with Gasteiger partial charge in [-0.2, -0.15) is 0 Å². The zero-order valence-electron chi connectivity index (χ0n) is 28.9. The summed E-state index contributed by atoms with van der Waals surface area (Å²) in [6.45, 7) is 9.56. The van der Waals surface area contributed by atoms with E-state index < -0.39 is 0 Å². The van der Waals surface area contributed by atoms with Gasteiger partial charge in [0.1, 0.15) is 0 Å². The van der Waals surface area contributed by atoms with Crippen LogP contribution in [0.4, 0.5) is 11.4 Å². The van der Waals surface area contributed by atoms with Crippen molar-refractivity contribution in [3.63, 3.8) is 0 Å². The van der Waals surface area contributed by atoms with E-state index in [0.717, 1.165) is 18.4 Å². The first-order valence-electron chi connectivity index (χ1n) is 17.8. The summed E-state index contributed by atoms with van der Waals surface area (Å²) < 4.78 is 1.29.